The summed E-state index contributed by atoms with van der Waals surface area (Å²) in [6, 6.07) is 15.5. The molecule has 200 valence electrons. The fourth-order valence-electron chi connectivity index (χ4n) is 5.81. The van der Waals surface area contributed by atoms with Gasteiger partial charge in [-0.3, -0.25) is 14.5 Å². The molecule has 2 fully saturated rings. The number of halogens is 1. The van der Waals surface area contributed by atoms with Crippen LogP contribution in [0.25, 0.3) is 0 Å². The van der Waals surface area contributed by atoms with E-state index in [0.29, 0.717) is 23.9 Å². The Morgan fingerprint density at radius 2 is 1.51 bits per heavy atom. The van der Waals surface area contributed by atoms with Crippen LogP contribution in [0.1, 0.15) is 64.1 Å². The number of nitrogens with zero attached hydrogens (tertiary/aromatic N) is 3. The molecule has 2 amide bonds. The molecule has 2 saturated heterocycles. The Bertz CT molecular complexity index is 1030. The quantitative estimate of drug-likeness (QED) is 0.572. The van der Waals surface area contributed by atoms with Gasteiger partial charge in [0.05, 0.1) is 6.04 Å². The summed E-state index contributed by atoms with van der Waals surface area (Å²) in [5, 5.41) is 10.6. The average Bonchev–Trinajstić information content (AvgIpc) is 2.86. The van der Waals surface area contributed by atoms with Gasteiger partial charge in [-0.05, 0) is 59.6 Å². The van der Waals surface area contributed by atoms with Gasteiger partial charge in [0, 0.05) is 57.1 Å². The Hall–Kier alpha value is -2.57. The van der Waals surface area contributed by atoms with E-state index in [1.165, 1.54) is 0 Å². The van der Waals surface area contributed by atoms with Gasteiger partial charge in [0.1, 0.15) is 5.75 Å². The first kappa shape index (κ1) is 27.5. The maximum atomic E-state index is 13.6. The van der Waals surface area contributed by atoms with Crippen LogP contribution in [-0.2, 0) is 9.59 Å². The monoisotopic (exact) mass is 525 g/mol. The number of phenolic OH excluding ortho intramolecular Hbond substituents is 1. The fourth-order valence-corrected chi connectivity index (χ4v) is 5.94. The number of piperazine rings is 1. The Labute approximate surface area is 226 Å². The molecular formula is C30H40ClN3O3. The molecule has 6 nitrogen and oxygen atoms in total. The minimum Gasteiger partial charge on any atom is -0.508 e. The largest absolute Gasteiger partial charge is 0.508 e. The second kappa shape index (κ2) is 11.4. The number of amides is 2. The maximum absolute atomic E-state index is 13.6. The van der Waals surface area contributed by atoms with Gasteiger partial charge < -0.3 is 14.9 Å². The van der Waals surface area contributed by atoms with Crippen molar-refractivity contribution >= 4 is 23.4 Å². The lowest BCUT2D eigenvalue weighted by atomic mass is 9.82. The summed E-state index contributed by atoms with van der Waals surface area (Å²) in [5.74, 6) is 0.933. The normalized spacial score (nSPS) is 20.6. The Kier molecular flexibility index (Phi) is 8.49. The van der Waals surface area contributed by atoms with Crippen molar-refractivity contribution in [2.75, 3.05) is 32.7 Å². The second-order valence-corrected chi connectivity index (χ2v) is 12.1. The molecule has 7 heteroatoms. The molecule has 4 rings (SSSR count). The number of aromatic hydroxyl groups is 1. The van der Waals surface area contributed by atoms with Gasteiger partial charge in [0.25, 0.3) is 0 Å². The Balaban J connectivity index is 1.53. The van der Waals surface area contributed by atoms with Crippen molar-refractivity contribution in [1.29, 1.82) is 0 Å². The van der Waals surface area contributed by atoms with Gasteiger partial charge in [-0.15, -0.1) is 0 Å². The molecule has 2 aliphatic heterocycles. The van der Waals surface area contributed by atoms with E-state index < -0.39 is 0 Å². The molecule has 1 N–H and O–H groups in total. The topological polar surface area (TPSA) is 64.1 Å². The molecule has 2 aromatic rings. The average molecular weight is 526 g/mol. The first-order valence-corrected chi connectivity index (χ1v) is 13.7. The number of hydrogen-bond donors (Lipinski definition) is 1. The van der Waals surface area contributed by atoms with Gasteiger partial charge in [-0.2, -0.15) is 0 Å². The highest BCUT2D eigenvalue weighted by Crippen LogP contribution is 2.36. The highest BCUT2D eigenvalue weighted by Gasteiger charge is 2.40. The number of piperidine rings is 1. The summed E-state index contributed by atoms with van der Waals surface area (Å²) < 4.78 is 0. The van der Waals surface area contributed by atoms with Gasteiger partial charge >= 0.3 is 0 Å². The predicted octanol–water partition coefficient (Wildman–Crippen LogP) is 5.34. The summed E-state index contributed by atoms with van der Waals surface area (Å²) >= 11 is 6.20. The van der Waals surface area contributed by atoms with Crippen LogP contribution >= 0.6 is 11.6 Å². The number of phenols is 1. The highest BCUT2D eigenvalue weighted by atomic mass is 35.5. The van der Waals surface area contributed by atoms with Crippen molar-refractivity contribution < 1.29 is 14.7 Å². The van der Waals surface area contributed by atoms with E-state index in [0.717, 1.165) is 50.1 Å². The number of likely N-dealkylation sites (tertiary alicyclic amines) is 1. The lowest BCUT2D eigenvalue weighted by Gasteiger charge is -2.50. The van der Waals surface area contributed by atoms with E-state index >= 15 is 0 Å². The van der Waals surface area contributed by atoms with Crippen molar-refractivity contribution in [2.45, 2.75) is 59.0 Å². The molecule has 0 radical (unpaired) electrons. The van der Waals surface area contributed by atoms with E-state index in [-0.39, 0.29) is 35.1 Å². The molecule has 0 bridgehead atoms. The fraction of sp³-hybridized carbons (Fsp3) is 0.533. The minimum absolute atomic E-state index is 0.00382. The SMILES string of the molecule is CC(=O)N1CCC(CC(=O)N2CCN(C(c3ccc(O)cc3)c3ccc(Cl)cc3)CC2C(C)(C)C)CC1. The molecule has 2 unspecified atom stereocenters. The van der Waals surface area contributed by atoms with Crippen LogP contribution in [0.15, 0.2) is 48.5 Å². The molecule has 2 atom stereocenters. The summed E-state index contributed by atoms with van der Waals surface area (Å²) in [4.78, 5) is 31.8. The van der Waals surface area contributed by atoms with Crippen LogP contribution in [0.2, 0.25) is 5.02 Å². The van der Waals surface area contributed by atoms with Crippen LogP contribution in [0.5, 0.6) is 5.75 Å². The van der Waals surface area contributed by atoms with Crippen molar-refractivity contribution in [2.24, 2.45) is 11.3 Å². The molecule has 0 aliphatic carbocycles. The molecule has 0 spiro atoms. The van der Waals surface area contributed by atoms with Crippen LogP contribution in [0.4, 0.5) is 0 Å². The van der Waals surface area contributed by atoms with Crippen molar-refractivity contribution in [3.63, 3.8) is 0 Å². The highest BCUT2D eigenvalue weighted by molar-refractivity contribution is 6.30. The number of rotatable bonds is 5. The van der Waals surface area contributed by atoms with Crippen LogP contribution < -0.4 is 0 Å². The molecule has 0 aromatic heterocycles. The third-order valence-electron chi connectivity index (χ3n) is 8.01. The molecular weight excluding hydrogens is 486 g/mol. The summed E-state index contributed by atoms with van der Waals surface area (Å²) in [5.41, 5.74) is 2.15. The summed E-state index contributed by atoms with van der Waals surface area (Å²) in [6.45, 7) is 11.9. The van der Waals surface area contributed by atoms with Crippen LogP contribution in [0.3, 0.4) is 0 Å². The Morgan fingerprint density at radius 3 is 2.05 bits per heavy atom. The first-order valence-electron chi connectivity index (χ1n) is 13.4. The Morgan fingerprint density at radius 1 is 0.946 bits per heavy atom. The van der Waals surface area contributed by atoms with Crippen LogP contribution in [-0.4, -0.2) is 70.4 Å². The third-order valence-corrected chi connectivity index (χ3v) is 8.27. The van der Waals surface area contributed by atoms with E-state index in [1.54, 1.807) is 19.1 Å². The van der Waals surface area contributed by atoms with Gasteiger partial charge in [0.15, 0.2) is 0 Å². The third kappa shape index (κ3) is 6.66. The summed E-state index contributed by atoms with van der Waals surface area (Å²) in [7, 11) is 0. The molecule has 2 heterocycles. The lowest BCUT2D eigenvalue weighted by molar-refractivity contribution is -0.141. The van der Waals surface area contributed by atoms with Crippen LogP contribution in [0, 0.1) is 11.3 Å². The predicted molar refractivity (Wildman–Crippen MR) is 148 cm³/mol. The first-order chi connectivity index (χ1) is 17.5. The van der Waals surface area contributed by atoms with E-state index in [4.69, 9.17) is 11.6 Å². The molecule has 0 saturated carbocycles. The molecule has 37 heavy (non-hydrogen) atoms. The van der Waals surface area contributed by atoms with Gasteiger partial charge in [0.2, 0.25) is 11.8 Å². The zero-order valence-corrected chi connectivity index (χ0v) is 23.2. The molecule has 2 aromatic carbocycles. The number of carbonyl (C=O) groups excluding carboxylic acids is 2. The smallest absolute Gasteiger partial charge is 0.223 e. The number of benzene rings is 2. The van der Waals surface area contributed by atoms with Crippen molar-refractivity contribution in [3.05, 3.63) is 64.7 Å². The van der Waals surface area contributed by atoms with E-state index in [9.17, 15) is 14.7 Å². The molecule has 2 aliphatic rings. The summed E-state index contributed by atoms with van der Waals surface area (Å²) in [6.07, 6.45) is 2.34. The van der Waals surface area contributed by atoms with E-state index in [1.807, 2.05) is 29.2 Å². The van der Waals surface area contributed by atoms with E-state index in [2.05, 4.69) is 42.7 Å². The van der Waals surface area contributed by atoms with Crippen molar-refractivity contribution in [1.82, 2.24) is 14.7 Å². The zero-order chi connectivity index (χ0) is 26.7. The van der Waals surface area contributed by atoms with Gasteiger partial charge in [-0.1, -0.05) is 56.6 Å². The second-order valence-electron chi connectivity index (χ2n) is 11.7. The lowest BCUT2D eigenvalue weighted by Crippen LogP contribution is -2.60. The minimum atomic E-state index is -0.0914. The number of hydrogen-bond acceptors (Lipinski definition) is 4. The maximum Gasteiger partial charge on any atom is 0.223 e. The number of carbonyl (C=O) groups is 2. The standard InChI is InChI=1S/C30H40ClN3O3/c1-21(35)32-15-13-22(14-16-32)19-28(37)34-18-17-33(20-27(34)30(2,3)4)29(23-5-9-25(31)10-6-23)24-7-11-26(36)12-8-24/h5-12,22,27,29,36H,13-20H2,1-4H3. The van der Waals surface area contributed by atoms with Crippen molar-refractivity contribution in [3.8, 4) is 5.75 Å². The zero-order valence-electron chi connectivity index (χ0n) is 22.5. The van der Waals surface area contributed by atoms with Gasteiger partial charge in [-0.25, -0.2) is 0 Å².